The molecule has 182 valence electrons. The van der Waals surface area contributed by atoms with Crippen molar-refractivity contribution in [3.8, 4) is 17.2 Å². The van der Waals surface area contributed by atoms with Gasteiger partial charge in [0.2, 0.25) is 0 Å². The number of nitro groups is 1. The predicted octanol–water partition coefficient (Wildman–Crippen LogP) is 3.55. The van der Waals surface area contributed by atoms with Crippen molar-refractivity contribution in [2.75, 3.05) is 12.0 Å². The smallest absolute Gasteiger partial charge is 0.335 e. The molecule has 1 aliphatic rings. The lowest BCUT2D eigenvalue weighted by Crippen LogP contribution is -2.54. The Bertz CT molecular complexity index is 1380. The van der Waals surface area contributed by atoms with Gasteiger partial charge in [0, 0.05) is 23.8 Å². The van der Waals surface area contributed by atoms with Gasteiger partial charge in [-0.05, 0) is 60.2 Å². The third kappa shape index (κ3) is 4.99. The number of barbiturate groups is 1. The topological polar surface area (TPSA) is 148 Å². The average molecular weight is 489 g/mol. The zero-order valence-corrected chi connectivity index (χ0v) is 18.8. The molecule has 1 aliphatic heterocycles. The van der Waals surface area contributed by atoms with Crippen molar-refractivity contribution in [3.05, 3.63) is 93.5 Å². The number of benzene rings is 3. The van der Waals surface area contributed by atoms with Crippen LogP contribution in [-0.4, -0.2) is 35.0 Å². The molecule has 3 aromatic carbocycles. The minimum absolute atomic E-state index is 0.0413. The summed E-state index contributed by atoms with van der Waals surface area (Å²) in [5, 5.41) is 22.5. The van der Waals surface area contributed by atoms with E-state index < -0.39 is 22.8 Å². The first kappa shape index (κ1) is 24.0. The first-order valence-electron chi connectivity index (χ1n) is 10.5. The second-order valence-corrected chi connectivity index (χ2v) is 7.59. The molecule has 0 bridgehead atoms. The van der Waals surface area contributed by atoms with Gasteiger partial charge in [-0.1, -0.05) is 0 Å². The molecule has 36 heavy (non-hydrogen) atoms. The average Bonchev–Trinajstić information content (AvgIpc) is 2.87. The number of hydrogen-bond donors (Lipinski definition) is 2. The molecule has 4 rings (SSSR count). The number of rotatable bonds is 7. The standard InChI is InChI=1S/C25H19N3O8/c1-35-20-11-4-16(22(13-20)36-14-15-2-5-18(6-3-15)28(33)34)12-21-23(30)26-25(32)27(24(21)31)17-7-9-19(29)10-8-17/h2-13,29H,14H2,1H3,(H,26,30,32)/b21-12+. The Morgan fingerprint density at radius 2 is 1.72 bits per heavy atom. The van der Waals surface area contributed by atoms with E-state index in [1.165, 1.54) is 49.6 Å². The Labute approximate surface area is 204 Å². The maximum absolute atomic E-state index is 13.1. The molecule has 0 saturated carbocycles. The van der Waals surface area contributed by atoms with Crippen LogP contribution in [0.15, 0.2) is 72.3 Å². The van der Waals surface area contributed by atoms with Gasteiger partial charge < -0.3 is 14.6 Å². The SMILES string of the molecule is COc1ccc(/C=C2\C(=O)NC(=O)N(c3ccc(O)cc3)C2=O)c(OCc2ccc([N+](=O)[O-])cc2)c1. The zero-order valence-electron chi connectivity index (χ0n) is 18.8. The van der Waals surface area contributed by atoms with E-state index in [4.69, 9.17) is 9.47 Å². The van der Waals surface area contributed by atoms with Crippen LogP contribution in [0, 0.1) is 10.1 Å². The van der Waals surface area contributed by atoms with Gasteiger partial charge >= 0.3 is 6.03 Å². The van der Waals surface area contributed by atoms with Crippen LogP contribution in [0.4, 0.5) is 16.2 Å². The molecule has 0 spiro atoms. The number of nitrogens with one attached hydrogen (secondary N) is 1. The number of anilines is 1. The number of nitrogens with zero attached hydrogens (tertiary/aromatic N) is 2. The van der Waals surface area contributed by atoms with Crippen LogP contribution in [0.25, 0.3) is 6.08 Å². The van der Waals surface area contributed by atoms with Crippen LogP contribution in [-0.2, 0) is 16.2 Å². The molecule has 1 fully saturated rings. The Balaban J connectivity index is 1.65. The number of imide groups is 2. The minimum Gasteiger partial charge on any atom is -0.508 e. The van der Waals surface area contributed by atoms with E-state index in [-0.39, 0.29) is 35.1 Å². The Morgan fingerprint density at radius 1 is 1.03 bits per heavy atom. The van der Waals surface area contributed by atoms with Crippen LogP contribution >= 0.6 is 0 Å². The highest BCUT2D eigenvalue weighted by Crippen LogP contribution is 2.30. The third-order valence-electron chi connectivity index (χ3n) is 5.27. The van der Waals surface area contributed by atoms with Crippen LogP contribution in [0.5, 0.6) is 17.2 Å². The second-order valence-electron chi connectivity index (χ2n) is 7.59. The van der Waals surface area contributed by atoms with Crippen molar-refractivity contribution in [1.82, 2.24) is 5.32 Å². The fourth-order valence-corrected chi connectivity index (χ4v) is 3.41. The molecular weight excluding hydrogens is 470 g/mol. The molecule has 0 aromatic heterocycles. The largest absolute Gasteiger partial charge is 0.508 e. The summed E-state index contributed by atoms with van der Waals surface area (Å²) in [4.78, 5) is 49.2. The van der Waals surface area contributed by atoms with Crippen molar-refractivity contribution in [1.29, 1.82) is 0 Å². The van der Waals surface area contributed by atoms with Crippen LogP contribution < -0.4 is 19.7 Å². The van der Waals surface area contributed by atoms with Gasteiger partial charge in [0.25, 0.3) is 17.5 Å². The van der Waals surface area contributed by atoms with Gasteiger partial charge in [0.15, 0.2) is 0 Å². The highest BCUT2D eigenvalue weighted by atomic mass is 16.6. The highest BCUT2D eigenvalue weighted by molar-refractivity contribution is 6.39. The Kier molecular flexibility index (Phi) is 6.63. The minimum atomic E-state index is -0.919. The molecule has 11 nitrogen and oxygen atoms in total. The second kappa shape index (κ2) is 9.97. The summed E-state index contributed by atoms with van der Waals surface area (Å²) in [6.45, 7) is 0.0413. The molecule has 4 amide bonds. The normalized spacial score (nSPS) is 14.5. The summed E-state index contributed by atoms with van der Waals surface area (Å²) in [5.74, 6) is -1.06. The maximum Gasteiger partial charge on any atom is 0.335 e. The summed E-state index contributed by atoms with van der Waals surface area (Å²) in [5.41, 5.74) is 0.806. The molecule has 1 saturated heterocycles. The first-order valence-corrected chi connectivity index (χ1v) is 10.5. The van der Waals surface area contributed by atoms with E-state index in [9.17, 15) is 29.6 Å². The summed E-state index contributed by atoms with van der Waals surface area (Å²) in [6, 6.07) is 15.0. The van der Waals surface area contributed by atoms with E-state index in [2.05, 4.69) is 5.32 Å². The number of urea groups is 1. The number of hydrogen-bond acceptors (Lipinski definition) is 8. The summed E-state index contributed by atoms with van der Waals surface area (Å²) in [6.07, 6.45) is 1.29. The predicted molar refractivity (Wildman–Crippen MR) is 128 cm³/mol. The molecule has 11 heteroatoms. The highest BCUT2D eigenvalue weighted by Gasteiger charge is 2.37. The number of phenolic OH excluding ortho intramolecular Hbond substituents is 1. The number of phenols is 1. The number of aromatic hydroxyl groups is 1. The van der Waals surface area contributed by atoms with E-state index in [0.29, 0.717) is 16.9 Å². The first-order chi connectivity index (χ1) is 17.3. The summed E-state index contributed by atoms with van der Waals surface area (Å²) >= 11 is 0. The van der Waals surface area contributed by atoms with E-state index in [0.717, 1.165) is 4.90 Å². The van der Waals surface area contributed by atoms with E-state index in [1.54, 1.807) is 30.3 Å². The number of methoxy groups -OCH3 is 1. The molecule has 0 aliphatic carbocycles. The summed E-state index contributed by atoms with van der Waals surface area (Å²) in [7, 11) is 1.47. The number of amides is 4. The molecule has 0 unspecified atom stereocenters. The van der Waals surface area contributed by atoms with Crippen molar-refractivity contribution in [2.24, 2.45) is 0 Å². The zero-order chi connectivity index (χ0) is 25.8. The maximum atomic E-state index is 13.1. The third-order valence-corrected chi connectivity index (χ3v) is 5.27. The lowest BCUT2D eigenvalue weighted by molar-refractivity contribution is -0.384. The summed E-state index contributed by atoms with van der Waals surface area (Å²) < 4.78 is 11.1. The lowest BCUT2D eigenvalue weighted by atomic mass is 10.1. The van der Waals surface area contributed by atoms with Crippen molar-refractivity contribution >= 4 is 35.3 Å². The van der Waals surface area contributed by atoms with Gasteiger partial charge in [-0.25, -0.2) is 9.69 Å². The molecular formula is C25H19N3O8. The van der Waals surface area contributed by atoms with Gasteiger partial charge in [0.05, 0.1) is 17.7 Å². The van der Waals surface area contributed by atoms with Crippen molar-refractivity contribution in [3.63, 3.8) is 0 Å². The number of carbonyl (C=O) groups excluding carboxylic acids is 3. The number of carbonyl (C=O) groups is 3. The Morgan fingerprint density at radius 3 is 2.36 bits per heavy atom. The van der Waals surface area contributed by atoms with Crippen LogP contribution in [0.2, 0.25) is 0 Å². The molecule has 1 heterocycles. The van der Waals surface area contributed by atoms with Crippen molar-refractivity contribution < 1.29 is 33.9 Å². The van der Waals surface area contributed by atoms with E-state index >= 15 is 0 Å². The Hall–Kier alpha value is -5.19. The van der Waals surface area contributed by atoms with Crippen molar-refractivity contribution in [2.45, 2.75) is 6.61 Å². The van der Waals surface area contributed by atoms with Gasteiger partial charge in [-0.3, -0.25) is 25.0 Å². The molecule has 0 radical (unpaired) electrons. The van der Waals surface area contributed by atoms with Crippen LogP contribution in [0.3, 0.4) is 0 Å². The number of non-ortho nitro benzene ring substituents is 1. The fraction of sp³-hybridized carbons (Fsp3) is 0.0800. The van der Waals surface area contributed by atoms with Gasteiger partial charge in [-0.15, -0.1) is 0 Å². The number of ether oxygens (including phenoxy) is 2. The van der Waals surface area contributed by atoms with E-state index in [1.807, 2.05) is 0 Å². The lowest BCUT2D eigenvalue weighted by Gasteiger charge is -2.26. The van der Waals surface area contributed by atoms with Crippen LogP contribution in [0.1, 0.15) is 11.1 Å². The van der Waals surface area contributed by atoms with Gasteiger partial charge in [0.1, 0.15) is 29.4 Å². The number of nitro benzene ring substituents is 1. The fourth-order valence-electron chi connectivity index (χ4n) is 3.41. The van der Waals surface area contributed by atoms with Gasteiger partial charge in [-0.2, -0.15) is 0 Å². The molecule has 0 atom stereocenters. The monoisotopic (exact) mass is 489 g/mol. The quantitative estimate of drug-likeness (QED) is 0.222. The molecule has 2 N–H and O–H groups in total. The molecule has 3 aromatic rings.